The number of benzene rings is 1. The van der Waals surface area contributed by atoms with E-state index >= 15 is 0 Å². The van der Waals surface area contributed by atoms with E-state index in [0.29, 0.717) is 30.9 Å². The van der Waals surface area contributed by atoms with Gasteiger partial charge in [0, 0.05) is 13.6 Å². The highest BCUT2D eigenvalue weighted by Crippen LogP contribution is 2.28. The molecule has 3 rings (SSSR count). The van der Waals surface area contributed by atoms with Gasteiger partial charge in [0.1, 0.15) is 11.4 Å². The van der Waals surface area contributed by atoms with Gasteiger partial charge in [0.2, 0.25) is 11.6 Å². The second-order valence-electron chi connectivity index (χ2n) is 7.35. The first kappa shape index (κ1) is 22.5. The topological polar surface area (TPSA) is 143 Å². The minimum atomic E-state index is -0.835. The molecule has 0 aliphatic carbocycles. The molecule has 0 saturated heterocycles. The van der Waals surface area contributed by atoms with Crippen molar-refractivity contribution in [3.8, 4) is 17.2 Å². The summed E-state index contributed by atoms with van der Waals surface area (Å²) >= 11 is 3.09. The zero-order valence-electron chi connectivity index (χ0n) is 17.0. The Morgan fingerprint density at radius 2 is 2.10 bits per heavy atom. The number of rotatable bonds is 8. The van der Waals surface area contributed by atoms with Gasteiger partial charge in [0.15, 0.2) is 5.69 Å². The average Bonchev–Trinajstić information content (AvgIpc) is 3.29. The van der Waals surface area contributed by atoms with Crippen LogP contribution in [0.15, 0.2) is 36.6 Å². The Morgan fingerprint density at radius 3 is 2.77 bits per heavy atom. The Labute approximate surface area is 184 Å². The molecule has 0 atom stereocenters. The predicted octanol–water partition coefficient (Wildman–Crippen LogP) is 2.87. The number of ether oxygens (including phenoxy) is 1. The number of hydrogen-bond acceptors (Lipinski definition) is 9. The summed E-state index contributed by atoms with van der Waals surface area (Å²) in [6, 6.07) is 4.02. The molecule has 11 nitrogen and oxygen atoms in total. The first-order valence-corrected chi connectivity index (χ1v) is 9.95. The third-order valence-corrected chi connectivity index (χ3v) is 5.07. The van der Waals surface area contributed by atoms with E-state index in [1.807, 2.05) is 0 Å². The SMILES string of the molecule is CN(CCCC(C)(C)OC(N)=O)c1nonc1-c1noc(=O)n1-c1ccc(F)c(Br)c1. The van der Waals surface area contributed by atoms with Crippen molar-refractivity contribution in [2.24, 2.45) is 5.73 Å². The van der Waals surface area contributed by atoms with E-state index in [-0.39, 0.29) is 16.0 Å². The summed E-state index contributed by atoms with van der Waals surface area (Å²) in [5, 5.41) is 11.5. The summed E-state index contributed by atoms with van der Waals surface area (Å²) in [5.41, 5.74) is 4.85. The Bertz CT molecular complexity index is 1140. The van der Waals surface area contributed by atoms with E-state index in [2.05, 4.69) is 31.4 Å². The first-order chi connectivity index (χ1) is 14.6. The van der Waals surface area contributed by atoms with Gasteiger partial charge < -0.3 is 15.4 Å². The molecular weight excluding hydrogens is 479 g/mol. The van der Waals surface area contributed by atoms with Crippen LogP contribution >= 0.6 is 15.9 Å². The van der Waals surface area contributed by atoms with E-state index in [9.17, 15) is 14.0 Å². The molecule has 1 amide bonds. The monoisotopic (exact) mass is 498 g/mol. The van der Waals surface area contributed by atoms with Crippen LogP contribution in [0.3, 0.4) is 0 Å². The summed E-state index contributed by atoms with van der Waals surface area (Å²) in [7, 11) is 1.75. The normalized spacial score (nSPS) is 11.5. The van der Waals surface area contributed by atoms with Crippen LogP contribution in [0, 0.1) is 5.82 Å². The van der Waals surface area contributed by atoms with Gasteiger partial charge in [-0.15, -0.1) is 0 Å². The number of hydrogen-bond donors (Lipinski definition) is 1. The summed E-state index contributed by atoms with van der Waals surface area (Å²) in [6.45, 7) is 4.02. The fourth-order valence-electron chi connectivity index (χ4n) is 3.00. The number of carbonyl (C=O) groups excluding carboxylic acids is 1. The van der Waals surface area contributed by atoms with Crippen LogP contribution in [0.25, 0.3) is 17.2 Å². The number of nitrogens with zero attached hydrogens (tertiary/aromatic N) is 5. The fourth-order valence-corrected chi connectivity index (χ4v) is 3.36. The van der Waals surface area contributed by atoms with Crippen LogP contribution in [0.4, 0.5) is 15.0 Å². The van der Waals surface area contributed by atoms with Gasteiger partial charge in [-0.3, -0.25) is 4.52 Å². The van der Waals surface area contributed by atoms with E-state index in [1.54, 1.807) is 25.8 Å². The zero-order valence-corrected chi connectivity index (χ0v) is 18.5. The van der Waals surface area contributed by atoms with E-state index in [1.165, 1.54) is 18.2 Å². The van der Waals surface area contributed by atoms with Crippen molar-refractivity contribution in [1.29, 1.82) is 0 Å². The molecule has 0 bridgehead atoms. The maximum absolute atomic E-state index is 13.6. The maximum Gasteiger partial charge on any atom is 0.446 e. The molecule has 0 spiro atoms. The van der Waals surface area contributed by atoms with Gasteiger partial charge in [-0.05, 0) is 71.1 Å². The third-order valence-electron chi connectivity index (χ3n) is 4.46. The maximum atomic E-state index is 13.6. The van der Waals surface area contributed by atoms with Crippen molar-refractivity contribution in [1.82, 2.24) is 20.0 Å². The van der Waals surface area contributed by atoms with Crippen LogP contribution in [0.1, 0.15) is 26.7 Å². The molecule has 13 heteroatoms. The van der Waals surface area contributed by atoms with Crippen LogP contribution in [-0.4, -0.2) is 45.3 Å². The number of aromatic nitrogens is 4. The number of primary amides is 1. The summed E-state index contributed by atoms with van der Waals surface area (Å²) in [6.07, 6.45) is 0.330. The largest absolute Gasteiger partial charge is 0.446 e. The smallest absolute Gasteiger partial charge is 0.444 e. The third kappa shape index (κ3) is 5.10. The number of amides is 1. The van der Waals surface area contributed by atoms with Gasteiger partial charge in [-0.2, -0.15) is 0 Å². The number of halogens is 2. The van der Waals surface area contributed by atoms with Gasteiger partial charge in [-0.25, -0.2) is 23.2 Å². The Kier molecular flexibility index (Phi) is 6.43. The second-order valence-corrected chi connectivity index (χ2v) is 8.20. The minimum absolute atomic E-state index is 0.0454. The van der Waals surface area contributed by atoms with Crippen molar-refractivity contribution in [2.75, 3.05) is 18.5 Å². The zero-order chi connectivity index (χ0) is 22.8. The van der Waals surface area contributed by atoms with Gasteiger partial charge in [-0.1, -0.05) is 5.16 Å². The molecule has 0 fully saturated rings. The Hall–Kier alpha value is -3.22. The molecule has 0 saturated carbocycles. The molecular formula is C18H20BrFN6O5. The van der Waals surface area contributed by atoms with Crippen LogP contribution in [-0.2, 0) is 4.74 Å². The van der Waals surface area contributed by atoms with Crippen molar-refractivity contribution in [3.05, 3.63) is 39.0 Å². The lowest BCUT2D eigenvalue weighted by molar-refractivity contribution is 0.0381. The standard InChI is InChI=1S/C18H20BrFN6O5/c1-18(2,29-16(21)27)7-4-8-25(3)14-13(22-31-24-14)15-23-30-17(28)26(15)10-5-6-12(20)11(19)9-10/h5-6,9H,4,7-8H2,1-3H3,(H2,21,27). The molecule has 2 heterocycles. The van der Waals surface area contributed by atoms with E-state index < -0.39 is 23.3 Å². The highest BCUT2D eigenvalue weighted by Gasteiger charge is 2.26. The summed E-state index contributed by atoms with van der Waals surface area (Å²) < 4.78 is 29.6. The van der Waals surface area contributed by atoms with Crippen LogP contribution in [0.5, 0.6) is 0 Å². The molecule has 2 aromatic heterocycles. The van der Waals surface area contributed by atoms with Crippen molar-refractivity contribution in [2.45, 2.75) is 32.3 Å². The molecule has 1 aromatic carbocycles. The van der Waals surface area contributed by atoms with Gasteiger partial charge >= 0.3 is 11.8 Å². The average molecular weight is 499 g/mol. The van der Waals surface area contributed by atoms with Crippen molar-refractivity contribution in [3.63, 3.8) is 0 Å². The van der Waals surface area contributed by atoms with Crippen LogP contribution < -0.4 is 16.4 Å². The molecule has 31 heavy (non-hydrogen) atoms. The number of anilines is 1. The van der Waals surface area contributed by atoms with Crippen molar-refractivity contribution >= 4 is 27.8 Å². The highest BCUT2D eigenvalue weighted by atomic mass is 79.9. The van der Waals surface area contributed by atoms with Gasteiger partial charge in [0.25, 0.3) is 0 Å². The number of nitrogens with two attached hydrogens (primary N) is 1. The molecule has 0 radical (unpaired) electrons. The fraction of sp³-hybridized carbons (Fsp3) is 0.389. The lowest BCUT2D eigenvalue weighted by Gasteiger charge is -2.25. The molecule has 0 aliphatic rings. The highest BCUT2D eigenvalue weighted by molar-refractivity contribution is 9.10. The van der Waals surface area contributed by atoms with Crippen molar-refractivity contribution < 1.29 is 23.1 Å². The lowest BCUT2D eigenvalue weighted by Crippen LogP contribution is -2.32. The molecule has 2 N–H and O–H groups in total. The Balaban J connectivity index is 1.83. The second kappa shape index (κ2) is 8.88. The van der Waals surface area contributed by atoms with Gasteiger partial charge in [0.05, 0.1) is 10.2 Å². The molecule has 166 valence electrons. The summed E-state index contributed by atoms with van der Waals surface area (Å²) in [4.78, 5) is 25.0. The van der Waals surface area contributed by atoms with E-state index in [0.717, 1.165) is 4.57 Å². The molecule has 0 unspecified atom stereocenters. The lowest BCUT2D eigenvalue weighted by atomic mass is 10.0. The predicted molar refractivity (Wildman–Crippen MR) is 110 cm³/mol. The molecule has 0 aliphatic heterocycles. The first-order valence-electron chi connectivity index (χ1n) is 9.16. The van der Waals surface area contributed by atoms with E-state index in [4.69, 9.17) is 19.6 Å². The van der Waals surface area contributed by atoms with Crippen LogP contribution in [0.2, 0.25) is 0 Å². The number of carbonyl (C=O) groups is 1. The molecule has 3 aromatic rings. The quantitative estimate of drug-likeness (QED) is 0.495. The minimum Gasteiger partial charge on any atom is -0.444 e. The Morgan fingerprint density at radius 1 is 1.35 bits per heavy atom. The summed E-state index contributed by atoms with van der Waals surface area (Å²) in [5.74, 6) is -0.905.